The van der Waals surface area contributed by atoms with Crippen molar-refractivity contribution in [2.75, 3.05) is 33.4 Å². The second kappa shape index (κ2) is 5.10. The maximum absolute atomic E-state index is 12.8. The Balaban J connectivity index is 1.90. The smallest absolute Gasteiger partial charge is 0.237 e. The molecule has 1 aromatic heterocycles. The van der Waals surface area contributed by atoms with Crippen LogP contribution in [-0.4, -0.2) is 54.1 Å². The maximum Gasteiger partial charge on any atom is 0.237 e. The van der Waals surface area contributed by atoms with E-state index in [9.17, 15) is 4.79 Å². The number of methoxy groups -OCH3 is 1. The molecule has 0 radical (unpaired) electrons. The van der Waals surface area contributed by atoms with Gasteiger partial charge in [0.05, 0.1) is 5.69 Å². The highest BCUT2D eigenvalue weighted by atomic mass is 16.5. The Morgan fingerprint density at radius 3 is 2.95 bits per heavy atom. The van der Waals surface area contributed by atoms with Gasteiger partial charge in [-0.05, 0) is 13.3 Å². The lowest BCUT2D eigenvalue weighted by molar-refractivity contribution is -0.142. The van der Waals surface area contributed by atoms with Crippen LogP contribution in [0, 0.1) is 6.92 Å². The molecule has 1 fully saturated rings. The molecule has 2 aliphatic rings. The van der Waals surface area contributed by atoms with Crippen LogP contribution in [0.15, 0.2) is 6.20 Å². The zero-order valence-corrected chi connectivity index (χ0v) is 12.0. The lowest BCUT2D eigenvalue weighted by Gasteiger charge is -2.47. The molecule has 1 aromatic rings. The summed E-state index contributed by atoms with van der Waals surface area (Å²) in [5.41, 5.74) is 1.54. The number of carbonyl (C=O) groups excluding carboxylic acids is 1. The van der Waals surface area contributed by atoms with E-state index in [0.717, 1.165) is 30.0 Å². The fraction of sp³-hybridized carbons (Fsp3) is 0.643. The van der Waals surface area contributed by atoms with Crippen molar-refractivity contribution in [2.45, 2.75) is 25.3 Å². The highest BCUT2D eigenvalue weighted by Gasteiger charge is 2.52. The van der Waals surface area contributed by atoms with Crippen molar-refractivity contribution >= 4 is 5.91 Å². The molecule has 6 nitrogen and oxygen atoms in total. The number of nitrogens with zero attached hydrogens (tertiary/aromatic N) is 3. The Kier molecular flexibility index (Phi) is 3.43. The van der Waals surface area contributed by atoms with E-state index >= 15 is 0 Å². The summed E-state index contributed by atoms with van der Waals surface area (Å²) < 4.78 is 5.07. The van der Waals surface area contributed by atoms with Gasteiger partial charge in [0.25, 0.3) is 0 Å². The van der Waals surface area contributed by atoms with Gasteiger partial charge in [-0.2, -0.15) is 0 Å². The van der Waals surface area contributed by atoms with Gasteiger partial charge >= 0.3 is 0 Å². The topological polar surface area (TPSA) is 67.3 Å². The first-order valence-electron chi connectivity index (χ1n) is 6.99. The number of fused-ring (bicyclic) bond motifs is 2. The fourth-order valence-electron chi connectivity index (χ4n) is 2.98. The molecular weight excluding hydrogens is 256 g/mol. The van der Waals surface area contributed by atoms with Crippen LogP contribution in [0.3, 0.4) is 0 Å². The number of carbonyl (C=O) groups is 1. The first-order chi connectivity index (χ1) is 9.67. The standard InChI is InChI=1S/C14H20N4O2/c1-10-16-6-11-7-18(4-3-5-20-2)13(19)14(8-15-9-14)12(11)17-10/h6,15H,3-5,7-9H2,1-2H3. The van der Waals surface area contributed by atoms with Crippen molar-refractivity contribution in [3.8, 4) is 0 Å². The second-order valence-corrected chi connectivity index (χ2v) is 5.55. The fourth-order valence-corrected chi connectivity index (χ4v) is 2.98. The van der Waals surface area contributed by atoms with Crippen LogP contribution < -0.4 is 5.32 Å². The predicted molar refractivity (Wildman–Crippen MR) is 73.2 cm³/mol. The van der Waals surface area contributed by atoms with Crippen LogP contribution in [0.1, 0.15) is 23.5 Å². The van der Waals surface area contributed by atoms with Crippen molar-refractivity contribution in [1.82, 2.24) is 20.2 Å². The summed E-state index contributed by atoms with van der Waals surface area (Å²) in [4.78, 5) is 23.5. The third kappa shape index (κ3) is 1.99. The number of hydrogen-bond donors (Lipinski definition) is 1. The average molecular weight is 276 g/mol. The highest BCUT2D eigenvalue weighted by Crippen LogP contribution is 2.36. The molecule has 1 N–H and O–H groups in total. The first-order valence-corrected chi connectivity index (χ1v) is 6.99. The quantitative estimate of drug-likeness (QED) is 0.784. The number of hydrogen-bond acceptors (Lipinski definition) is 5. The molecule has 1 spiro atoms. The molecule has 0 aromatic carbocycles. The number of amides is 1. The molecule has 0 aliphatic carbocycles. The van der Waals surface area contributed by atoms with Crippen LogP contribution in [0.4, 0.5) is 0 Å². The number of nitrogens with one attached hydrogen (secondary N) is 1. The number of ether oxygens (including phenoxy) is 1. The Hall–Kier alpha value is -1.53. The zero-order valence-electron chi connectivity index (χ0n) is 12.0. The van der Waals surface area contributed by atoms with E-state index in [0.29, 0.717) is 26.2 Å². The highest BCUT2D eigenvalue weighted by molar-refractivity contribution is 5.91. The van der Waals surface area contributed by atoms with Crippen LogP contribution in [0.25, 0.3) is 0 Å². The molecule has 0 unspecified atom stereocenters. The Morgan fingerprint density at radius 1 is 1.50 bits per heavy atom. The summed E-state index contributed by atoms with van der Waals surface area (Å²) in [5, 5.41) is 3.22. The maximum atomic E-state index is 12.8. The van der Waals surface area contributed by atoms with Gasteiger partial charge in [0, 0.05) is 51.7 Å². The van der Waals surface area contributed by atoms with Gasteiger partial charge in [-0.15, -0.1) is 0 Å². The molecule has 2 aliphatic heterocycles. The summed E-state index contributed by atoms with van der Waals surface area (Å²) >= 11 is 0. The van der Waals surface area contributed by atoms with Crippen LogP contribution in [0.5, 0.6) is 0 Å². The average Bonchev–Trinajstić information content (AvgIpc) is 2.38. The molecule has 0 bridgehead atoms. The van der Waals surface area contributed by atoms with Gasteiger partial charge < -0.3 is 15.0 Å². The van der Waals surface area contributed by atoms with Crippen molar-refractivity contribution < 1.29 is 9.53 Å². The molecule has 1 saturated heterocycles. The molecular formula is C14H20N4O2. The minimum absolute atomic E-state index is 0.193. The minimum Gasteiger partial charge on any atom is -0.385 e. The molecule has 3 rings (SSSR count). The zero-order chi connectivity index (χ0) is 14.2. The van der Waals surface area contributed by atoms with Crippen LogP contribution >= 0.6 is 0 Å². The number of aromatic nitrogens is 2. The summed E-state index contributed by atoms with van der Waals surface area (Å²) in [6, 6.07) is 0. The van der Waals surface area contributed by atoms with E-state index < -0.39 is 5.41 Å². The van der Waals surface area contributed by atoms with E-state index in [1.54, 1.807) is 7.11 Å². The van der Waals surface area contributed by atoms with E-state index in [1.165, 1.54) is 0 Å². The molecule has 1 amide bonds. The van der Waals surface area contributed by atoms with E-state index in [4.69, 9.17) is 4.74 Å². The molecule has 6 heteroatoms. The number of rotatable bonds is 4. The lowest BCUT2D eigenvalue weighted by atomic mass is 9.73. The normalized spacial score (nSPS) is 19.9. The monoisotopic (exact) mass is 276 g/mol. The number of aryl methyl sites for hydroxylation is 1. The molecule has 108 valence electrons. The van der Waals surface area contributed by atoms with Crippen LogP contribution in [-0.2, 0) is 21.5 Å². The van der Waals surface area contributed by atoms with Crippen molar-refractivity contribution in [2.24, 2.45) is 0 Å². The summed E-state index contributed by atoms with van der Waals surface area (Å²) in [7, 11) is 1.68. The minimum atomic E-state index is -0.464. The van der Waals surface area contributed by atoms with E-state index in [1.807, 2.05) is 18.0 Å². The van der Waals surface area contributed by atoms with Gasteiger partial charge in [0.2, 0.25) is 5.91 Å². The van der Waals surface area contributed by atoms with Gasteiger partial charge in [-0.1, -0.05) is 0 Å². The lowest BCUT2D eigenvalue weighted by Crippen LogP contribution is -2.67. The third-order valence-corrected chi connectivity index (χ3v) is 4.13. The Labute approximate surface area is 118 Å². The Bertz CT molecular complexity index is 528. The van der Waals surface area contributed by atoms with E-state index in [-0.39, 0.29) is 5.91 Å². The molecule has 3 heterocycles. The second-order valence-electron chi connectivity index (χ2n) is 5.55. The Morgan fingerprint density at radius 2 is 2.30 bits per heavy atom. The third-order valence-electron chi connectivity index (χ3n) is 4.13. The van der Waals surface area contributed by atoms with Gasteiger partial charge in [-0.3, -0.25) is 4.79 Å². The summed E-state index contributed by atoms with van der Waals surface area (Å²) in [6.45, 7) is 5.23. The predicted octanol–water partition coefficient (Wildman–Crippen LogP) is 0.00472. The van der Waals surface area contributed by atoms with E-state index in [2.05, 4.69) is 15.3 Å². The van der Waals surface area contributed by atoms with Crippen LogP contribution in [0.2, 0.25) is 0 Å². The summed E-state index contributed by atoms with van der Waals surface area (Å²) in [6.07, 6.45) is 2.72. The largest absolute Gasteiger partial charge is 0.385 e. The molecule has 0 atom stereocenters. The molecule has 0 saturated carbocycles. The SMILES string of the molecule is COCCCN1Cc2cnc(C)nc2C2(CNC2)C1=O. The van der Waals surface area contributed by atoms with Crippen molar-refractivity contribution in [3.05, 3.63) is 23.3 Å². The molecule has 20 heavy (non-hydrogen) atoms. The van der Waals surface area contributed by atoms with Gasteiger partial charge in [-0.25, -0.2) is 9.97 Å². The van der Waals surface area contributed by atoms with Gasteiger partial charge in [0.15, 0.2) is 0 Å². The summed E-state index contributed by atoms with van der Waals surface area (Å²) in [5.74, 6) is 0.925. The van der Waals surface area contributed by atoms with Crippen molar-refractivity contribution in [1.29, 1.82) is 0 Å². The first kappa shape index (κ1) is 13.5. The van der Waals surface area contributed by atoms with Gasteiger partial charge in [0.1, 0.15) is 11.2 Å². The van der Waals surface area contributed by atoms with Crippen molar-refractivity contribution in [3.63, 3.8) is 0 Å².